The number of rotatable bonds is 2. The maximum absolute atomic E-state index is 14.3. The van der Waals surface area contributed by atoms with E-state index in [1.54, 1.807) is 26.8 Å². The summed E-state index contributed by atoms with van der Waals surface area (Å²) in [4.78, 5) is 13.7. The average molecular weight is 321 g/mol. The van der Waals surface area contributed by atoms with E-state index < -0.39 is 17.6 Å². The molecule has 1 saturated heterocycles. The van der Waals surface area contributed by atoms with E-state index in [-0.39, 0.29) is 24.0 Å². The lowest BCUT2D eigenvalue weighted by Gasteiger charge is -2.24. The van der Waals surface area contributed by atoms with Crippen molar-refractivity contribution in [1.82, 2.24) is 4.90 Å². The fraction of sp³-hybridized carbons (Fsp3) is 0.500. The van der Waals surface area contributed by atoms with Crippen LogP contribution in [0.15, 0.2) is 30.5 Å². The Labute approximate surface area is 136 Å². The number of nitrogens with zero attached hydrogens (tertiary/aromatic N) is 1. The lowest BCUT2D eigenvalue weighted by atomic mass is 9.87. The third kappa shape index (κ3) is 4.03. The van der Waals surface area contributed by atoms with Gasteiger partial charge in [0.05, 0.1) is 5.76 Å². The van der Waals surface area contributed by atoms with Crippen molar-refractivity contribution in [3.05, 3.63) is 47.5 Å². The summed E-state index contributed by atoms with van der Waals surface area (Å²) in [6.45, 7) is 11.3. The van der Waals surface area contributed by atoms with Crippen LogP contribution in [-0.4, -0.2) is 34.8 Å². The molecule has 126 valence electrons. The predicted octanol–water partition coefficient (Wildman–Crippen LogP) is 4.16. The van der Waals surface area contributed by atoms with E-state index in [1.807, 2.05) is 13.0 Å². The summed E-state index contributed by atoms with van der Waals surface area (Å²) in [6, 6.07) is 5.00. The van der Waals surface area contributed by atoms with Gasteiger partial charge in [0, 0.05) is 24.9 Å². The van der Waals surface area contributed by atoms with E-state index in [0.29, 0.717) is 12.1 Å². The molecule has 1 aliphatic rings. The molecule has 1 N–H and O–H groups in total. The molecule has 2 atom stereocenters. The monoisotopic (exact) mass is 321 g/mol. The molecule has 1 fully saturated rings. The largest absolute Gasteiger partial charge is 0.513 e. The number of hydrogen-bond acceptors (Lipinski definition) is 3. The number of benzene rings is 1. The second kappa shape index (κ2) is 6.22. The zero-order chi connectivity index (χ0) is 17.4. The van der Waals surface area contributed by atoms with Gasteiger partial charge in [-0.2, -0.15) is 0 Å². The van der Waals surface area contributed by atoms with Crippen LogP contribution in [0.4, 0.5) is 9.18 Å². The first-order valence-electron chi connectivity index (χ1n) is 7.70. The van der Waals surface area contributed by atoms with Crippen molar-refractivity contribution in [3.8, 4) is 0 Å². The van der Waals surface area contributed by atoms with Gasteiger partial charge in [-0.1, -0.05) is 18.7 Å². The molecule has 1 aromatic rings. The maximum atomic E-state index is 14.3. The van der Waals surface area contributed by atoms with Crippen molar-refractivity contribution < 1.29 is 19.0 Å². The van der Waals surface area contributed by atoms with Crippen LogP contribution in [0.2, 0.25) is 0 Å². The molecular formula is C18H24FNO3. The number of carbonyl (C=O) groups excluding carboxylic acids is 1. The van der Waals surface area contributed by atoms with Gasteiger partial charge in [-0.05, 0) is 44.9 Å². The van der Waals surface area contributed by atoms with Crippen molar-refractivity contribution in [1.29, 1.82) is 0 Å². The second-order valence-electron chi connectivity index (χ2n) is 7.11. The Balaban J connectivity index is 2.25. The zero-order valence-corrected chi connectivity index (χ0v) is 14.1. The Bertz CT molecular complexity index is 621. The molecule has 23 heavy (non-hydrogen) atoms. The number of aliphatic hydroxyl groups is 1. The Morgan fingerprint density at radius 3 is 2.57 bits per heavy atom. The van der Waals surface area contributed by atoms with Gasteiger partial charge < -0.3 is 14.7 Å². The van der Waals surface area contributed by atoms with Crippen LogP contribution in [0.3, 0.4) is 0 Å². The third-order valence-electron chi connectivity index (χ3n) is 3.95. The van der Waals surface area contributed by atoms with Crippen molar-refractivity contribution in [2.75, 3.05) is 13.1 Å². The highest BCUT2D eigenvalue weighted by molar-refractivity contribution is 5.69. The highest BCUT2D eigenvalue weighted by Gasteiger charge is 2.40. The van der Waals surface area contributed by atoms with Crippen LogP contribution in [0.25, 0.3) is 0 Å². The second-order valence-corrected chi connectivity index (χ2v) is 7.11. The van der Waals surface area contributed by atoms with E-state index in [9.17, 15) is 14.3 Å². The summed E-state index contributed by atoms with van der Waals surface area (Å²) in [5, 5.41) is 9.87. The molecule has 0 saturated carbocycles. The first-order chi connectivity index (χ1) is 10.6. The number of amides is 1. The van der Waals surface area contributed by atoms with Crippen molar-refractivity contribution >= 4 is 6.09 Å². The van der Waals surface area contributed by atoms with E-state index in [2.05, 4.69) is 6.58 Å². The van der Waals surface area contributed by atoms with Gasteiger partial charge in [-0.15, -0.1) is 0 Å². The minimum Gasteiger partial charge on any atom is -0.513 e. The van der Waals surface area contributed by atoms with Gasteiger partial charge in [0.25, 0.3) is 0 Å². The number of aryl methyl sites for hydroxylation is 1. The SMILES string of the molecule is C=C(O)[C@@H]1CN(C(=O)OC(C)(C)C)C[C@H]1c1ccc(C)cc1F. The molecule has 0 spiro atoms. The number of hydrogen-bond donors (Lipinski definition) is 1. The van der Waals surface area contributed by atoms with Crippen molar-refractivity contribution in [2.24, 2.45) is 5.92 Å². The molecule has 5 heteroatoms. The molecule has 1 aliphatic heterocycles. The first-order valence-corrected chi connectivity index (χ1v) is 7.70. The normalized spacial score (nSPS) is 21.3. The smallest absolute Gasteiger partial charge is 0.410 e. The number of aliphatic hydroxyl groups excluding tert-OH is 1. The van der Waals surface area contributed by atoms with Gasteiger partial charge in [-0.3, -0.25) is 0 Å². The molecule has 1 aromatic carbocycles. The molecule has 0 radical (unpaired) electrons. The molecule has 1 heterocycles. The first kappa shape index (κ1) is 17.3. The lowest BCUT2D eigenvalue weighted by molar-refractivity contribution is 0.0287. The maximum Gasteiger partial charge on any atom is 0.410 e. The summed E-state index contributed by atoms with van der Waals surface area (Å²) in [5.41, 5.74) is 0.713. The molecule has 0 unspecified atom stereocenters. The molecule has 0 bridgehead atoms. The Morgan fingerprint density at radius 1 is 1.39 bits per heavy atom. The van der Waals surface area contributed by atoms with Gasteiger partial charge in [0.15, 0.2) is 0 Å². The molecule has 2 rings (SSSR count). The third-order valence-corrected chi connectivity index (χ3v) is 3.95. The molecular weight excluding hydrogens is 297 g/mol. The summed E-state index contributed by atoms with van der Waals surface area (Å²) < 4.78 is 19.7. The summed E-state index contributed by atoms with van der Waals surface area (Å²) in [6.07, 6.45) is -0.459. The van der Waals surface area contributed by atoms with Crippen LogP contribution in [0, 0.1) is 18.7 Å². The number of halogens is 1. The average Bonchev–Trinajstić information content (AvgIpc) is 2.81. The van der Waals surface area contributed by atoms with Gasteiger partial charge >= 0.3 is 6.09 Å². The van der Waals surface area contributed by atoms with Gasteiger partial charge in [0.1, 0.15) is 11.4 Å². The fourth-order valence-corrected chi connectivity index (χ4v) is 2.87. The van der Waals surface area contributed by atoms with Gasteiger partial charge in [0.2, 0.25) is 0 Å². The zero-order valence-electron chi connectivity index (χ0n) is 14.1. The molecule has 1 amide bonds. The Kier molecular flexibility index (Phi) is 4.68. The van der Waals surface area contributed by atoms with E-state index in [0.717, 1.165) is 5.56 Å². The summed E-state index contributed by atoms with van der Waals surface area (Å²) in [5.74, 6) is -1.10. The van der Waals surface area contributed by atoms with Crippen LogP contribution < -0.4 is 0 Å². The standard InChI is InChI=1S/C18H24FNO3/c1-11-6-7-13(16(19)8-11)15-10-20(9-14(15)12(2)21)17(22)23-18(3,4)5/h6-8,14-15,21H,2,9-10H2,1,3-5H3/t14-,15-/m0/s1. The Hall–Kier alpha value is -2.04. The van der Waals surface area contributed by atoms with Crippen LogP contribution in [0.5, 0.6) is 0 Å². The lowest BCUT2D eigenvalue weighted by Crippen LogP contribution is -2.35. The van der Waals surface area contributed by atoms with Crippen LogP contribution in [0.1, 0.15) is 37.8 Å². The van der Waals surface area contributed by atoms with Crippen molar-refractivity contribution in [2.45, 2.75) is 39.2 Å². The van der Waals surface area contributed by atoms with Crippen molar-refractivity contribution in [3.63, 3.8) is 0 Å². The van der Waals surface area contributed by atoms with Crippen LogP contribution in [-0.2, 0) is 4.74 Å². The van der Waals surface area contributed by atoms with E-state index >= 15 is 0 Å². The predicted molar refractivity (Wildman–Crippen MR) is 86.9 cm³/mol. The highest BCUT2D eigenvalue weighted by Crippen LogP contribution is 2.37. The fourth-order valence-electron chi connectivity index (χ4n) is 2.87. The van der Waals surface area contributed by atoms with E-state index in [1.165, 1.54) is 11.0 Å². The number of carbonyl (C=O) groups is 1. The molecule has 0 aliphatic carbocycles. The minimum atomic E-state index is -0.601. The van der Waals surface area contributed by atoms with Gasteiger partial charge in [-0.25, -0.2) is 9.18 Å². The van der Waals surface area contributed by atoms with Crippen LogP contribution >= 0.6 is 0 Å². The van der Waals surface area contributed by atoms with E-state index in [4.69, 9.17) is 4.74 Å². The highest BCUT2D eigenvalue weighted by atomic mass is 19.1. The topological polar surface area (TPSA) is 49.8 Å². The molecule has 4 nitrogen and oxygen atoms in total. The Morgan fingerprint density at radius 2 is 2.04 bits per heavy atom. The minimum absolute atomic E-state index is 0.0407. The summed E-state index contributed by atoms with van der Waals surface area (Å²) in [7, 11) is 0. The number of likely N-dealkylation sites (tertiary alicyclic amines) is 1. The number of ether oxygens (including phenoxy) is 1. The molecule has 0 aromatic heterocycles. The summed E-state index contributed by atoms with van der Waals surface area (Å²) >= 11 is 0. The quantitative estimate of drug-likeness (QED) is 0.832.